The second kappa shape index (κ2) is 4.75. The molecule has 0 aliphatic heterocycles. The fourth-order valence-electron chi connectivity index (χ4n) is 0.664. The lowest BCUT2D eigenvalue weighted by molar-refractivity contribution is 0.281. The van der Waals surface area contributed by atoms with Crippen LogP contribution < -0.4 is 0 Å². The van der Waals surface area contributed by atoms with Gasteiger partial charge in [-0.05, 0) is 23.8 Å². The van der Waals surface area contributed by atoms with Crippen LogP contribution in [0.4, 0.5) is 0 Å². The molecule has 0 aromatic heterocycles. The molecular formula is C8H10BrClO. The van der Waals surface area contributed by atoms with E-state index in [1.807, 2.05) is 6.07 Å². The van der Waals surface area contributed by atoms with Gasteiger partial charge in [0.05, 0.1) is 6.61 Å². The lowest BCUT2D eigenvalue weighted by Gasteiger charge is -1.98. The third-order valence-electron chi connectivity index (χ3n) is 1.18. The van der Waals surface area contributed by atoms with E-state index >= 15 is 0 Å². The Morgan fingerprint density at radius 3 is 2.55 bits per heavy atom. The number of halogens is 2. The van der Waals surface area contributed by atoms with Crippen molar-refractivity contribution in [2.45, 2.75) is 14.0 Å². The number of hydrogen-bond acceptors (Lipinski definition) is 1. The van der Waals surface area contributed by atoms with Gasteiger partial charge in [-0.15, -0.1) is 0 Å². The first kappa shape index (κ1) is 11.0. The van der Waals surface area contributed by atoms with E-state index in [0.717, 1.165) is 10.0 Å². The van der Waals surface area contributed by atoms with Crippen molar-refractivity contribution in [3.05, 3.63) is 33.3 Å². The van der Waals surface area contributed by atoms with Crippen molar-refractivity contribution in [2.24, 2.45) is 0 Å². The third kappa shape index (κ3) is 2.81. The number of aliphatic hydroxyl groups excluding tert-OH is 1. The normalized spacial score (nSPS) is 9.00. The standard InChI is InChI=1S/C7H6BrClO.CH4/c8-7-2-1-6(9)3-5(7)4-10;/h1-3,10H,4H2;1H4. The molecule has 0 heterocycles. The van der Waals surface area contributed by atoms with Crippen LogP contribution in [0.5, 0.6) is 0 Å². The molecular weight excluding hydrogens is 227 g/mol. The maximum Gasteiger partial charge on any atom is 0.0693 e. The van der Waals surface area contributed by atoms with Gasteiger partial charge in [-0.3, -0.25) is 0 Å². The number of hydrogen-bond donors (Lipinski definition) is 1. The van der Waals surface area contributed by atoms with Crippen LogP contribution in [-0.4, -0.2) is 5.11 Å². The summed E-state index contributed by atoms with van der Waals surface area (Å²) >= 11 is 8.94. The summed E-state index contributed by atoms with van der Waals surface area (Å²) in [6, 6.07) is 5.31. The van der Waals surface area contributed by atoms with Gasteiger partial charge in [0.2, 0.25) is 0 Å². The summed E-state index contributed by atoms with van der Waals surface area (Å²) < 4.78 is 0.888. The molecule has 3 heteroatoms. The molecule has 0 spiro atoms. The summed E-state index contributed by atoms with van der Waals surface area (Å²) in [5, 5.41) is 9.40. The molecule has 11 heavy (non-hydrogen) atoms. The number of benzene rings is 1. The van der Waals surface area contributed by atoms with Gasteiger partial charge >= 0.3 is 0 Å². The topological polar surface area (TPSA) is 20.2 Å². The van der Waals surface area contributed by atoms with Crippen LogP contribution in [0.25, 0.3) is 0 Å². The second-order valence-corrected chi connectivity index (χ2v) is 3.18. The van der Waals surface area contributed by atoms with Crippen LogP contribution in [-0.2, 0) is 6.61 Å². The molecule has 0 aliphatic carbocycles. The summed E-state index contributed by atoms with van der Waals surface area (Å²) in [7, 11) is 0. The Morgan fingerprint density at radius 2 is 2.09 bits per heavy atom. The number of aliphatic hydroxyl groups is 1. The summed E-state index contributed by atoms with van der Waals surface area (Å²) in [4.78, 5) is 0. The van der Waals surface area contributed by atoms with E-state index in [-0.39, 0.29) is 14.0 Å². The molecule has 0 radical (unpaired) electrons. The van der Waals surface area contributed by atoms with Crippen molar-refractivity contribution >= 4 is 27.5 Å². The van der Waals surface area contributed by atoms with E-state index in [9.17, 15) is 0 Å². The van der Waals surface area contributed by atoms with Gasteiger partial charge in [0.25, 0.3) is 0 Å². The summed E-state index contributed by atoms with van der Waals surface area (Å²) in [6.45, 7) is 0.0150. The van der Waals surface area contributed by atoms with Crippen LogP contribution in [0.15, 0.2) is 22.7 Å². The molecule has 62 valence electrons. The summed E-state index contributed by atoms with van der Waals surface area (Å²) in [6.07, 6.45) is 0. The highest BCUT2D eigenvalue weighted by atomic mass is 79.9. The molecule has 0 bridgehead atoms. The van der Waals surface area contributed by atoms with Crippen LogP contribution in [0.3, 0.4) is 0 Å². The molecule has 1 N–H and O–H groups in total. The van der Waals surface area contributed by atoms with E-state index < -0.39 is 0 Å². The van der Waals surface area contributed by atoms with Crippen LogP contribution >= 0.6 is 27.5 Å². The first-order valence-electron chi connectivity index (χ1n) is 2.79. The molecule has 0 saturated carbocycles. The molecule has 1 aromatic carbocycles. The van der Waals surface area contributed by atoms with Crippen LogP contribution in [0.1, 0.15) is 13.0 Å². The minimum Gasteiger partial charge on any atom is -0.392 e. The van der Waals surface area contributed by atoms with Crippen LogP contribution in [0, 0.1) is 0 Å². The Labute approximate surface area is 80.1 Å². The van der Waals surface area contributed by atoms with Gasteiger partial charge in [0, 0.05) is 9.50 Å². The molecule has 0 unspecified atom stereocenters. The highest BCUT2D eigenvalue weighted by Gasteiger charge is 1.97. The van der Waals surface area contributed by atoms with Crippen molar-refractivity contribution in [3.8, 4) is 0 Å². The minimum absolute atomic E-state index is 0. The van der Waals surface area contributed by atoms with Crippen LogP contribution in [0.2, 0.25) is 5.02 Å². The molecule has 0 saturated heterocycles. The maximum atomic E-state index is 8.75. The Bertz CT molecular complexity index is 238. The molecule has 0 fully saturated rings. The van der Waals surface area contributed by atoms with Gasteiger partial charge in [-0.1, -0.05) is 35.0 Å². The van der Waals surface area contributed by atoms with Crippen molar-refractivity contribution < 1.29 is 5.11 Å². The SMILES string of the molecule is C.OCc1cc(Cl)ccc1Br. The zero-order chi connectivity index (χ0) is 7.56. The second-order valence-electron chi connectivity index (χ2n) is 1.89. The fraction of sp³-hybridized carbons (Fsp3) is 0.250. The Balaban J connectivity index is 0.000001000. The average Bonchev–Trinajstić information content (AvgIpc) is 1.94. The summed E-state index contributed by atoms with van der Waals surface area (Å²) in [5.41, 5.74) is 0.813. The first-order chi connectivity index (χ1) is 4.74. The molecule has 0 aliphatic rings. The quantitative estimate of drug-likeness (QED) is 0.795. The maximum absolute atomic E-state index is 8.75. The lowest BCUT2D eigenvalue weighted by atomic mass is 10.2. The Hall–Kier alpha value is -0.0500. The van der Waals surface area contributed by atoms with E-state index in [2.05, 4.69) is 15.9 Å². The van der Waals surface area contributed by atoms with E-state index in [0.29, 0.717) is 5.02 Å². The smallest absolute Gasteiger partial charge is 0.0693 e. The van der Waals surface area contributed by atoms with Gasteiger partial charge in [0.1, 0.15) is 0 Å². The van der Waals surface area contributed by atoms with Gasteiger partial charge in [0.15, 0.2) is 0 Å². The Kier molecular flexibility index (Phi) is 4.73. The van der Waals surface area contributed by atoms with Crippen molar-refractivity contribution in [2.75, 3.05) is 0 Å². The zero-order valence-electron chi connectivity index (χ0n) is 5.14. The molecule has 0 amide bonds. The molecule has 1 rings (SSSR count). The van der Waals surface area contributed by atoms with Gasteiger partial charge in [-0.25, -0.2) is 0 Å². The monoisotopic (exact) mass is 236 g/mol. The predicted octanol–water partition coefficient (Wildman–Crippen LogP) is 3.23. The molecule has 1 nitrogen and oxygen atoms in total. The first-order valence-corrected chi connectivity index (χ1v) is 3.96. The number of rotatable bonds is 1. The molecule has 1 aromatic rings. The van der Waals surface area contributed by atoms with Crippen molar-refractivity contribution in [3.63, 3.8) is 0 Å². The van der Waals surface area contributed by atoms with Gasteiger partial charge < -0.3 is 5.11 Å². The van der Waals surface area contributed by atoms with E-state index in [1.54, 1.807) is 12.1 Å². The largest absolute Gasteiger partial charge is 0.392 e. The third-order valence-corrected chi connectivity index (χ3v) is 2.19. The van der Waals surface area contributed by atoms with E-state index in [1.165, 1.54) is 0 Å². The zero-order valence-corrected chi connectivity index (χ0v) is 7.48. The molecule has 0 atom stereocenters. The Morgan fingerprint density at radius 1 is 1.45 bits per heavy atom. The van der Waals surface area contributed by atoms with Gasteiger partial charge in [-0.2, -0.15) is 0 Å². The summed E-state index contributed by atoms with van der Waals surface area (Å²) in [5.74, 6) is 0. The predicted molar refractivity (Wildman–Crippen MR) is 51.8 cm³/mol. The van der Waals surface area contributed by atoms with E-state index in [4.69, 9.17) is 16.7 Å². The highest BCUT2D eigenvalue weighted by Crippen LogP contribution is 2.20. The minimum atomic E-state index is 0. The lowest BCUT2D eigenvalue weighted by Crippen LogP contribution is -1.83. The average molecular weight is 238 g/mol. The fourth-order valence-corrected chi connectivity index (χ4v) is 1.23. The highest BCUT2D eigenvalue weighted by molar-refractivity contribution is 9.10. The van der Waals surface area contributed by atoms with Crippen molar-refractivity contribution in [1.82, 2.24) is 0 Å². The van der Waals surface area contributed by atoms with Crippen molar-refractivity contribution in [1.29, 1.82) is 0 Å².